The number of nitrogens with one attached hydrogen (secondary N) is 2. The van der Waals surface area contributed by atoms with Crippen LogP contribution >= 0.6 is 23.4 Å². The Morgan fingerprint density at radius 2 is 1.70 bits per heavy atom. The third-order valence-electron chi connectivity index (χ3n) is 4.01. The van der Waals surface area contributed by atoms with Gasteiger partial charge in [0.15, 0.2) is 0 Å². The molecule has 0 saturated carbocycles. The number of methoxy groups -OCH3 is 2. The summed E-state index contributed by atoms with van der Waals surface area (Å²) in [5.41, 5.74) is 1.69. The summed E-state index contributed by atoms with van der Waals surface area (Å²) in [7, 11) is 3.12. The lowest BCUT2D eigenvalue weighted by atomic mass is 10.2. The second-order valence-corrected chi connectivity index (χ2v) is 7.61. The summed E-state index contributed by atoms with van der Waals surface area (Å²) in [6.45, 7) is 0.616. The van der Waals surface area contributed by atoms with E-state index in [1.807, 2.05) is 36.4 Å². The second-order valence-electron chi connectivity index (χ2n) is 6.18. The Kier molecular flexibility index (Phi) is 7.75. The van der Waals surface area contributed by atoms with Gasteiger partial charge in [0.1, 0.15) is 22.3 Å². The number of rotatable bonds is 9. The van der Waals surface area contributed by atoms with E-state index in [4.69, 9.17) is 21.1 Å². The maximum atomic E-state index is 12.3. The van der Waals surface area contributed by atoms with E-state index in [2.05, 4.69) is 20.8 Å². The molecule has 1 heterocycles. The molecule has 30 heavy (non-hydrogen) atoms. The topological polar surface area (TPSA) is 85.4 Å². The van der Waals surface area contributed by atoms with Gasteiger partial charge in [-0.15, -0.1) is 10.2 Å². The zero-order chi connectivity index (χ0) is 21.3. The summed E-state index contributed by atoms with van der Waals surface area (Å²) in [6.07, 6.45) is 0. The summed E-state index contributed by atoms with van der Waals surface area (Å²) in [4.78, 5) is 12.3. The van der Waals surface area contributed by atoms with Gasteiger partial charge in [-0.2, -0.15) is 0 Å². The Morgan fingerprint density at radius 1 is 1.00 bits per heavy atom. The molecule has 3 rings (SSSR count). The van der Waals surface area contributed by atoms with Gasteiger partial charge >= 0.3 is 0 Å². The van der Waals surface area contributed by atoms with Crippen LogP contribution in [0.1, 0.15) is 5.56 Å². The Morgan fingerprint density at radius 3 is 2.30 bits per heavy atom. The van der Waals surface area contributed by atoms with Crippen LogP contribution in [0.2, 0.25) is 5.02 Å². The minimum absolute atomic E-state index is 0.165. The standard InChI is InChI=1S/C21H21ClN4O3S/c1-28-17-9-16(10-18(11-17)29-2)24-20(27)13-30-21-8-7-19(25-26-21)23-12-14-3-5-15(22)6-4-14/h3-11H,12-13H2,1-2H3,(H,23,25)(H,24,27). The fraction of sp³-hybridized carbons (Fsp3) is 0.190. The molecule has 0 unspecified atom stereocenters. The molecule has 156 valence electrons. The van der Waals surface area contributed by atoms with Crippen molar-refractivity contribution in [2.24, 2.45) is 0 Å². The largest absolute Gasteiger partial charge is 0.497 e. The predicted molar refractivity (Wildman–Crippen MR) is 120 cm³/mol. The van der Waals surface area contributed by atoms with Crippen LogP contribution in [-0.2, 0) is 11.3 Å². The number of nitrogens with zero attached hydrogens (tertiary/aromatic N) is 2. The molecule has 0 bridgehead atoms. The van der Waals surface area contributed by atoms with Gasteiger partial charge in [-0.3, -0.25) is 4.79 Å². The van der Waals surface area contributed by atoms with Crippen LogP contribution in [0.4, 0.5) is 11.5 Å². The van der Waals surface area contributed by atoms with Gasteiger partial charge in [0.05, 0.1) is 20.0 Å². The maximum Gasteiger partial charge on any atom is 0.234 e. The monoisotopic (exact) mass is 444 g/mol. The molecule has 0 saturated heterocycles. The van der Waals surface area contributed by atoms with E-state index in [-0.39, 0.29) is 11.7 Å². The first-order valence-corrected chi connectivity index (χ1v) is 10.4. The number of amides is 1. The summed E-state index contributed by atoms with van der Waals surface area (Å²) < 4.78 is 10.4. The molecule has 0 radical (unpaired) electrons. The smallest absolute Gasteiger partial charge is 0.234 e. The molecule has 0 aliphatic heterocycles. The van der Waals surface area contributed by atoms with Crippen molar-refractivity contribution in [2.45, 2.75) is 11.6 Å². The number of thioether (sulfide) groups is 1. The van der Waals surface area contributed by atoms with Gasteiger partial charge in [-0.05, 0) is 29.8 Å². The van der Waals surface area contributed by atoms with Crippen LogP contribution in [0.5, 0.6) is 11.5 Å². The average Bonchev–Trinajstić information content (AvgIpc) is 2.77. The molecule has 0 fully saturated rings. The van der Waals surface area contributed by atoms with Crippen molar-refractivity contribution >= 4 is 40.8 Å². The van der Waals surface area contributed by atoms with Gasteiger partial charge < -0.3 is 20.1 Å². The zero-order valence-corrected chi connectivity index (χ0v) is 18.1. The Balaban J connectivity index is 1.48. The number of halogens is 1. The van der Waals surface area contributed by atoms with E-state index < -0.39 is 0 Å². The number of hydrogen-bond donors (Lipinski definition) is 2. The lowest BCUT2D eigenvalue weighted by Gasteiger charge is -2.10. The van der Waals surface area contributed by atoms with Crippen molar-refractivity contribution in [3.8, 4) is 11.5 Å². The van der Waals surface area contributed by atoms with Gasteiger partial charge in [-0.1, -0.05) is 35.5 Å². The van der Waals surface area contributed by atoms with Crippen molar-refractivity contribution in [2.75, 3.05) is 30.6 Å². The molecule has 0 spiro atoms. The van der Waals surface area contributed by atoms with Crippen molar-refractivity contribution in [3.05, 3.63) is 65.2 Å². The number of carbonyl (C=O) groups excluding carboxylic acids is 1. The number of hydrogen-bond acceptors (Lipinski definition) is 7. The molecule has 3 aromatic rings. The minimum Gasteiger partial charge on any atom is -0.497 e. The first-order valence-electron chi connectivity index (χ1n) is 9.03. The lowest BCUT2D eigenvalue weighted by Crippen LogP contribution is -2.14. The molecule has 1 aromatic heterocycles. The van der Waals surface area contributed by atoms with Crippen molar-refractivity contribution in [1.29, 1.82) is 0 Å². The first-order chi connectivity index (χ1) is 14.6. The van der Waals surface area contributed by atoms with E-state index in [1.165, 1.54) is 11.8 Å². The van der Waals surface area contributed by atoms with Crippen molar-refractivity contribution in [1.82, 2.24) is 10.2 Å². The highest BCUT2D eigenvalue weighted by Crippen LogP contribution is 2.26. The number of ether oxygens (including phenoxy) is 2. The molecular formula is C21H21ClN4O3S. The Bertz CT molecular complexity index is 962. The normalized spacial score (nSPS) is 10.4. The van der Waals surface area contributed by atoms with Crippen molar-refractivity contribution in [3.63, 3.8) is 0 Å². The minimum atomic E-state index is -0.165. The SMILES string of the molecule is COc1cc(NC(=O)CSc2ccc(NCc3ccc(Cl)cc3)nn2)cc(OC)c1. The predicted octanol–water partition coefficient (Wildman–Crippen LogP) is 4.49. The third-order valence-corrected chi connectivity index (χ3v) is 5.19. The first kappa shape index (κ1) is 21.7. The van der Waals surface area contributed by atoms with E-state index in [0.29, 0.717) is 39.6 Å². The molecule has 9 heteroatoms. The fourth-order valence-corrected chi connectivity index (χ4v) is 3.24. The zero-order valence-electron chi connectivity index (χ0n) is 16.5. The van der Waals surface area contributed by atoms with Gasteiger partial charge in [0.25, 0.3) is 0 Å². The van der Waals surface area contributed by atoms with Crippen LogP contribution < -0.4 is 20.1 Å². The summed E-state index contributed by atoms with van der Waals surface area (Å²) in [5.74, 6) is 1.89. The molecule has 0 aliphatic carbocycles. The van der Waals surface area contributed by atoms with Gasteiger partial charge in [0, 0.05) is 35.5 Å². The summed E-state index contributed by atoms with van der Waals surface area (Å²) >= 11 is 7.19. The average molecular weight is 445 g/mol. The summed E-state index contributed by atoms with van der Waals surface area (Å²) in [6, 6.07) is 16.4. The van der Waals surface area contributed by atoms with Crippen LogP contribution in [-0.4, -0.2) is 36.1 Å². The molecule has 1 amide bonds. The highest BCUT2D eigenvalue weighted by Gasteiger charge is 2.08. The van der Waals surface area contributed by atoms with Crippen LogP contribution in [0.15, 0.2) is 59.6 Å². The van der Waals surface area contributed by atoms with E-state index in [9.17, 15) is 4.79 Å². The third kappa shape index (κ3) is 6.53. The second kappa shape index (κ2) is 10.7. The number of benzene rings is 2. The molecular weight excluding hydrogens is 424 g/mol. The molecule has 2 aromatic carbocycles. The molecule has 0 atom stereocenters. The van der Waals surface area contributed by atoms with Crippen molar-refractivity contribution < 1.29 is 14.3 Å². The Labute approximate surface area is 184 Å². The highest BCUT2D eigenvalue weighted by atomic mass is 35.5. The quantitative estimate of drug-likeness (QED) is 0.470. The highest BCUT2D eigenvalue weighted by molar-refractivity contribution is 7.99. The fourth-order valence-electron chi connectivity index (χ4n) is 2.50. The van der Waals surface area contributed by atoms with Gasteiger partial charge in [-0.25, -0.2) is 0 Å². The lowest BCUT2D eigenvalue weighted by molar-refractivity contribution is -0.113. The van der Waals surface area contributed by atoms with Crippen LogP contribution in [0.25, 0.3) is 0 Å². The molecule has 0 aliphatic rings. The summed E-state index contributed by atoms with van der Waals surface area (Å²) in [5, 5.41) is 15.7. The maximum absolute atomic E-state index is 12.3. The Hall–Kier alpha value is -2.97. The van der Waals surface area contributed by atoms with E-state index >= 15 is 0 Å². The molecule has 7 nitrogen and oxygen atoms in total. The van der Waals surface area contributed by atoms with Crippen LogP contribution in [0, 0.1) is 0 Å². The molecule has 2 N–H and O–H groups in total. The number of aromatic nitrogens is 2. The van der Waals surface area contributed by atoms with Gasteiger partial charge in [0.2, 0.25) is 5.91 Å². The van der Waals surface area contributed by atoms with E-state index in [0.717, 1.165) is 5.56 Å². The number of carbonyl (C=O) groups is 1. The number of anilines is 2. The van der Waals surface area contributed by atoms with Crippen LogP contribution in [0.3, 0.4) is 0 Å². The van der Waals surface area contributed by atoms with E-state index in [1.54, 1.807) is 32.4 Å².